The number of pyridine rings is 1. The number of hydrogen-bond donors (Lipinski definition) is 1. The second-order valence-corrected chi connectivity index (χ2v) is 11.6. The smallest absolute Gasteiger partial charge is 0.258 e. The van der Waals surface area contributed by atoms with E-state index in [1.54, 1.807) is 41.3 Å². The Morgan fingerprint density at radius 1 is 0.952 bits per heavy atom. The van der Waals surface area contributed by atoms with E-state index in [1.807, 2.05) is 66.9 Å². The van der Waals surface area contributed by atoms with Gasteiger partial charge < -0.3 is 19.7 Å². The second-order valence-electron chi connectivity index (χ2n) is 11.2. The van der Waals surface area contributed by atoms with Crippen molar-refractivity contribution >= 4 is 40.5 Å². The highest BCUT2D eigenvalue weighted by atomic mass is 35.5. The molecule has 8 heteroatoms. The maximum absolute atomic E-state index is 13.8. The zero-order valence-corrected chi connectivity index (χ0v) is 24.5. The largest absolute Gasteiger partial charge is 0.369 e. The lowest BCUT2D eigenvalue weighted by molar-refractivity contribution is 0.0985. The topological polar surface area (TPSA) is 74.7 Å². The average molecular weight is 581 g/mol. The number of rotatable bonds is 6. The van der Waals surface area contributed by atoms with Crippen molar-refractivity contribution in [2.45, 2.75) is 32.7 Å². The minimum absolute atomic E-state index is 0.0419. The third kappa shape index (κ3) is 5.32. The zero-order chi connectivity index (χ0) is 29.4. The third-order valence-electron chi connectivity index (χ3n) is 8.31. The fourth-order valence-corrected chi connectivity index (χ4v) is 6.59. The predicted octanol–water partition coefficient (Wildman–Crippen LogP) is 6.35. The van der Waals surface area contributed by atoms with Crippen LogP contribution >= 0.6 is 11.6 Å². The molecule has 42 heavy (non-hydrogen) atoms. The number of benzene rings is 3. The Kier molecular flexibility index (Phi) is 7.60. The minimum atomic E-state index is -0.341. The highest BCUT2D eigenvalue weighted by Gasteiger charge is 2.35. The number of hydrogen-bond acceptors (Lipinski definition) is 4. The monoisotopic (exact) mass is 580 g/mol. The summed E-state index contributed by atoms with van der Waals surface area (Å²) in [5, 5.41) is 3.43. The van der Waals surface area contributed by atoms with E-state index in [2.05, 4.69) is 10.2 Å². The van der Waals surface area contributed by atoms with Crippen LogP contribution < -0.4 is 20.7 Å². The number of carbonyl (C=O) groups is 2. The summed E-state index contributed by atoms with van der Waals surface area (Å²) in [7, 11) is 0. The van der Waals surface area contributed by atoms with Crippen LogP contribution in [0.25, 0.3) is 0 Å². The highest BCUT2D eigenvalue weighted by Crippen LogP contribution is 2.39. The molecule has 2 aliphatic rings. The summed E-state index contributed by atoms with van der Waals surface area (Å²) in [6.45, 7) is 6.56. The lowest BCUT2D eigenvalue weighted by Gasteiger charge is -2.44. The van der Waals surface area contributed by atoms with Crippen LogP contribution in [-0.2, 0) is 6.54 Å². The number of aryl methyl sites for hydroxylation is 1. The van der Waals surface area contributed by atoms with Gasteiger partial charge in [-0.2, -0.15) is 0 Å². The quantitative estimate of drug-likeness (QED) is 0.288. The summed E-state index contributed by atoms with van der Waals surface area (Å²) in [6, 6.07) is 25.8. The van der Waals surface area contributed by atoms with Crippen LogP contribution in [0.2, 0.25) is 5.02 Å². The normalized spacial score (nSPS) is 17.4. The molecule has 1 aromatic heterocycles. The summed E-state index contributed by atoms with van der Waals surface area (Å²) in [5.74, 6) is -0.00305. The molecule has 0 unspecified atom stereocenters. The van der Waals surface area contributed by atoms with Crippen molar-refractivity contribution in [2.24, 2.45) is 5.92 Å². The van der Waals surface area contributed by atoms with Crippen molar-refractivity contribution in [1.82, 2.24) is 4.57 Å². The molecule has 7 nitrogen and oxygen atoms in total. The number of amides is 2. The SMILES string of the molecule is CCN(C(=O)c1ccc(N2C[C@H]3C[C@@H](C2)c2cccc(=O)n2C3)c(NC(=O)c2ccccc2Cl)c1)c1cccc(C)c1. The van der Waals surface area contributed by atoms with Crippen LogP contribution in [0.3, 0.4) is 0 Å². The first kappa shape index (κ1) is 27.8. The van der Waals surface area contributed by atoms with Crippen LogP contribution in [0.5, 0.6) is 0 Å². The van der Waals surface area contributed by atoms with E-state index < -0.39 is 0 Å². The van der Waals surface area contributed by atoms with E-state index in [0.717, 1.165) is 35.6 Å². The van der Waals surface area contributed by atoms with Gasteiger partial charge >= 0.3 is 0 Å². The lowest BCUT2D eigenvalue weighted by Crippen LogP contribution is -2.47. The summed E-state index contributed by atoms with van der Waals surface area (Å²) >= 11 is 6.36. The van der Waals surface area contributed by atoms with Gasteiger partial charge in [-0.15, -0.1) is 0 Å². The molecule has 2 aliphatic heterocycles. The molecule has 0 saturated carbocycles. The summed E-state index contributed by atoms with van der Waals surface area (Å²) < 4.78 is 1.91. The fourth-order valence-electron chi connectivity index (χ4n) is 6.37. The van der Waals surface area contributed by atoms with Gasteiger partial charge in [-0.05, 0) is 80.3 Å². The highest BCUT2D eigenvalue weighted by molar-refractivity contribution is 6.34. The van der Waals surface area contributed by atoms with Crippen molar-refractivity contribution in [3.05, 3.63) is 123 Å². The molecule has 2 bridgehead atoms. The van der Waals surface area contributed by atoms with Crippen LogP contribution in [0.1, 0.15) is 51.2 Å². The lowest BCUT2D eigenvalue weighted by atomic mass is 9.83. The zero-order valence-electron chi connectivity index (χ0n) is 23.7. The first-order valence-electron chi connectivity index (χ1n) is 14.4. The van der Waals surface area contributed by atoms with E-state index in [1.165, 1.54) is 0 Å². The molecule has 0 spiro atoms. The molecule has 1 saturated heterocycles. The molecular weight excluding hydrogens is 548 g/mol. The maximum Gasteiger partial charge on any atom is 0.258 e. The molecule has 2 amide bonds. The molecule has 2 atom stereocenters. The second kappa shape index (κ2) is 11.5. The number of aromatic nitrogens is 1. The molecule has 0 aliphatic carbocycles. The van der Waals surface area contributed by atoms with Crippen molar-refractivity contribution in [3.8, 4) is 0 Å². The van der Waals surface area contributed by atoms with Crippen LogP contribution in [0.15, 0.2) is 89.7 Å². The number of fused-ring (bicyclic) bond motifs is 4. The molecule has 1 fully saturated rings. The number of anilines is 3. The Morgan fingerprint density at radius 2 is 1.76 bits per heavy atom. The van der Waals surface area contributed by atoms with Crippen molar-refractivity contribution in [1.29, 1.82) is 0 Å². The Morgan fingerprint density at radius 3 is 2.55 bits per heavy atom. The molecule has 1 N–H and O–H groups in total. The maximum atomic E-state index is 13.8. The van der Waals surface area contributed by atoms with Gasteiger partial charge in [0.05, 0.1) is 22.0 Å². The molecular formula is C34H33ClN4O3. The van der Waals surface area contributed by atoms with Crippen LogP contribution in [0, 0.1) is 12.8 Å². The summed E-state index contributed by atoms with van der Waals surface area (Å²) in [4.78, 5) is 43.8. The van der Waals surface area contributed by atoms with Gasteiger partial charge in [-0.25, -0.2) is 0 Å². The van der Waals surface area contributed by atoms with Gasteiger partial charge in [0, 0.05) is 55.1 Å². The van der Waals surface area contributed by atoms with Gasteiger partial charge in [0.15, 0.2) is 0 Å². The number of carbonyl (C=O) groups excluding carboxylic acids is 2. The molecule has 0 radical (unpaired) electrons. The summed E-state index contributed by atoms with van der Waals surface area (Å²) in [5.41, 5.74) is 5.22. The number of nitrogens with one attached hydrogen (secondary N) is 1. The minimum Gasteiger partial charge on any atom is -0.369 e. The van der Waals surface area contributed by atoms with E-state index in [9.17, 15) is 14.4 Å². The molecule has 4 aromatic rings. The summed E-state index contributed by atoms with van der Waals surface area (Å²) in [6.07, 6.45) is 1.01. The number of halogens is 1. The van der Waals surface area contributed by atoms with Crippen LogP contribution in [-0.4, -0.2) is 36.0 Å². The number of nitrogens with zero attached hydrogens (tertiary/aromatic N) is 3. The van der Waals surface area contributed by atoms with E-state index in [0.29, 0.717) is 47.4 Å². The standard InChI is InChI=1S/C34H33ClN4O3/c1-3-38(26-9-6-8-22(2)16-26)34(42)24-14-15-31(29(18-24)36-33(41)27-10-4-5-11-28(27)35)37-19-23-17-25(21-37)30-12-7-13-32(40)39(30)20-23/h4-16,18,23,25H,3,17,19-21H2,1-2H3,(H,36,41)/t23-,25+/m1/s1. The van der Waals surface area contributed by atoms with Crippen molar-refractivity contribution in [2.75, 3.05) is 34.8 Å². The Labute approximate surface area is 250 Å². The molecule has 3 aromatic carbocycles. The fraction of sp³-hybridized carbons (Fsp3) is 0.265. The number of piperidine rings is 1. The molecule has 3 heterocycles. The van der Waals surface area contributed by atoms with Crippen molar-refractivity contribution < 1.29 is 9.59 Å². The first-order valence-corrected chi connectivity index (χ1v) is 14.7. The first-order chi connectivity index (χ1) is 20.3. The molecule has 214 valence electrons. The van der Waals surface area contributed by atoms with Crippen LogP contribution in [0.4, 0.5) is 17.1 Å². The van der Waals surface area contributed by atoms with Gasteiger partial charge in [-0.3, -0.25) is 14.4 Å². The Hall–Kier alpha value is -4.36. The van der Waals surface area contributed by atoms with E-state index >= 15 is 0 Å². The van der Waals surface area contributed by atoms with E-state index in [4.69, 9.17) is 11.6 Å². The molecule has 6 rings (SSSR count). The third-order valence-corrected chi connectivity index (χ3v) is 8.63. The average Bonchev–Trinajstić information content (AvgIpc) is 2.98. The Balaban J connectivity index is 1.37. The van der Waals surface area contributed by atoms with Gasteiger partial charge in [-0.1, -0.05) is 41.9 Å². The van der Waals surface area contributed by atoms with Gasteiger partial charge in [0.1, 0.15) is 0 Å². The predicted molar refractivity (Wildman–Crippen MR) is 168 cm³/mol. The van der Waals surface area contributed by atoms with E-state index in [-0.39, 0.29) is 23.3 Å². The Bertz CT molecular complexity index is 1730. The van der Waals surface area contributed by atoms with Crippen molar-refractivity contribution in [3.63, 3.8) is 0 Å². The van der Waals surface area contributed by atoms with Gasteiger partial charge in [0.25, 0.3) is 17.4 Å². The van der Waals surface area contributed by atoms with Gasteiger partial charge in [0.2, 0.25) is 0 Å².